The molecule has 1 aliphatic rings. The zero-order valence-corrected chi connectivity index (χ0v) is 34.4. The first-order chi connectivity index (χ1) is 25.8. The first kappa shape index (κ1) is 57.4. The minimum Gasteiger partial charge on any atom is -0.481 e. The Kier molecular flexibility index (Phi) is 46.9. The number of carboxylic acid groups (broad SMARTS) is 1. The van der Waals surface area contributed by atoms with E-state index in [4.69, 9.17) is 34.5 Å². The highest BCUT2D eigenvalue weighted by Crippen LogP contribution is 2.15. The van der Waals surface area contributed by atoms with Gasteiger partial charge in [0, 0.05) is 97.3 Å². The third-order valence-electron chi connectivity index (χ3n) is 6.42. The summed E-state index contributed by atoms with van der Waals surface area (Å²) in [4.78, 5) is 74.2. The Morgan fingerprint density at radius 1 is 0.704 bits per heavy atom. The number of nitrogens with two attached hydrogens (primary N) is 1. The summed E-state index contributed by atoms with van der Waals surface area (Å²) in [5.74, 6) is -1.58. The molecule has 16 nitrogen and oxygen atoms in total. The number of carbonyl (C=O) groups is 7. The molecule has 54 heavy (non-hydrogen) atoms. The number of aliphatic carboxylic acids is 1. The van der Waals surface area contributed by atoms with Gasteiger partial charge in [0.25, 0.3) is 0 Å². The summed E-state index contributed by atoms with van der Waals surface area (Å²) < 4.78 is 25.9. The number of aldehydes is 1. The summed E-state index contributed by atoms with van der Waals surface area (Å²) in [6.07, 6.45) is 6.56. The van der Waals surface area contributed by atoms with Crippen LogP contribution < -0.4 is 16.4 Å². The van der Waals surface area contributed by atoms with Crippen molar-refractivity contribution in [3.8, 4) is 0 Å². The van der Waals surface area contributed by atoms with E-state index in [1.54, 1.807) is 0 Å². The SMILES string of the molecule is CCCC(=O)NCCC(OCC)OCC.CCCC(=O)NCCC=O.CCCC(=O)O.CCCC(=O)OC1C(=O)CCC1=O.CCOC(CCN)OCC.[H+]. The van der Waals surface area contributed by atoms with E-state index in [9.17, 15) is 33.6 Å². The van der Waals surface area contributed by atoms with Crippen molar-refractivity contribution in [3.63, 3.8) is 0 Å². The van der Waals surface area contributed by atoms with Gasteiger partial charge in [-0.1, -0.05) is 27.7 Å². The molecule has 0 saturated heterocycles. The minimum atomic E-state index is -1.10. The van der Waals surface area contributed by atoms with Crippen LogP contribution in [0.1, 0.15) is 140 Å². The summed E-state index contributed by atoms with van der Waals surface area (Å²) in [5.41, 5.74) is 5.33. The second kappa shape index (κ2) is 44.1. The van der Waals surface area contributed by atoms with Crippen LogP contribution in [0.15, 0.2) is 0 Å². The molecule has 16 heteroatoms. The van der Waals surface area contributed by atoms with Gasteiger partial charge in [-0.3, -0.25) is 28.8 Å². The van der Waals surface area contributed by atoms with E-state index < -0.39 is 18.0 Å². The van der Waals surface area contributed by atoms with E-state index in [0.29, 0.717) is 84.6 Å². The Bertz CT molecular complexity index is 938. The van der Waals surface area contributed by atoms with Crippen LogP contribution in [0.3, 0.4) is 0 Å². The molecular formula is C38H74N3O13+. The van der Waals surface area contributed by atoms with E-state index in [1.165, 1.54) is 0 Å². The topological polar surface area (TPSA) is 236 Å². The zero-order chi connectivity index (χ0) is 42.0. The van der Waals surface area contributed by atoms with Crippen molar-refractivity contribution in [2.24, 2.45) is 5.73 Å². The van der Waals surface area contributed by atoms with E-state index in [-0.39, 0.29) is 56.7 Å². The van der Waals surface area contributed by atoms with Crippen molar-refractivity contribution in [2.75, 3.05) is 46.1 Å². The molecule has 0 aliphatic heterocycles. The van der Waals surface area contributed by atoms with E-state index in [0.717, 1.165) is 32.0 Å². The van der Waals surface area contributed by atoms with E-state index >= 15 is 0 Å². The predicted molar refractivity (Wildman–Crippen MR) is 207 cm³/mol. The summed E-state index contributed by atoms with van der Waals surface area (Å²) in [5, 5.41) is 13.4. The van der Waals surface area contributed by atoms with Gasteiger partial charge in [-0.05, 0) is 59.9 Å². The molecule has 1 aliphatic carbocycles. The Morgan fingerprint density at radius 3 is 1.44 bits per heavy atom. The van der Waals surface area contributed by atoms with Crippen molar-refractivity contribution in [2.45, 2.75) is 158 Å². The number of hydrogen-bond donors (Lipinski definition) is 4. The zero-order valence-electron chi connectivity index (χ0n) is 35.4. The number of carboxylic acids is 1. The molecule has 0 atom stereocenters. The Labute approximate surface area is 325 Å². The highest BCUT2D eigenvalue weighted by molar-refractivity contribution is 6.12. The summed E-state index contributed by atoms with van der Waals surface area (Å²) >= 11 is 0. The van der Waals surface area contributed by atoms with Gasteiger partial charge in [0.1, 0.15) is 6.29 Å². The number of rotatable bonds is 25. The number of nitrogens with one attached hydrogen (secondary N) is 2. The Balaban J connectivity index is -0.000000194. The molecule has 0 aromatic rings. The average Bonchev–Trinajstić information content (AvgIpc) is 3.42. The fourth-order valence-corrected chi connectivity index (χ4v) is 3.97. The fraction of sp³-hybridized carbons (Fsp3) is 0.816. The lowest BCUT2D eigenvalue weighted by atomic mass is 10.2. The molecule has 0 radical (unpaired) electrons. The summed E-state index contributed by atoms with van der Waals surface area (Å²) in [6.45, 7) is 19.7. The first-order valence-corrected chi connectivity index (χ1v) is 19.4. The quantitative estimate of drug-likeness (QED) is 0.0328. The Morgan fingerprint density at radius 2 is 1.11 bits per heavy atom. The normalized spacial score (nSPS) is 11.8. The van der Waals surface area contributed by atoms with Crippen LogP contribution in [0.25, 0.3) is 0 Å². The maximum absolute atomic E-state index is 11.1. The Hall–Kier alpha value is -3.31. The van der Waals surface area contributed by atoms with Gasteiger partial charge in [0.2, 0.25) is 17.9 Å². The number of amides is 2. The lowest BCUT2D eigenvalue weighted by molar-refractivity contribution is -0.157. The van der Waals surface area contributed by atoms with Gasteiger partial charge in [-0.2, -0.15) is 0 Å². The lowest BCUT2D eigenvalue weighted by Crippen LogP contribution is -2.28. The van der Waals surface area contributed by atoms with Crippen LogP contribution in [0, 0.1) is 0 Å². The van der Waals surface area contributed by atoms with Gasteiger partial charge >= 0.3 is 13.4 Å². The fourth-order valence-electron chi connectivity index (χ4n) is 3.97. The minimum absolute atomic E-state index is 0. The van der Waals surface area contributed by atoms with Crippen LogP contribution in [0.4, 0.5) is 0 Å². The number of ketones is 2. The smallest absolute Gasteiger partial charge is 0.481 e. The van der Waals surface area contributed by atoms with Crippen LogP contribution in [-0.4, -0.2) is 111 Å². The molecule has 1 rings (SSSR count). The highest BCUT2D eigenvalue weighted by atomic mass is 16.7. The number of hydrogen-bond acceptors (Lipinski definition) is 13. The molecular weight excluding hydrogens is 706 g/mol. The lowest BCUT2D eigenvalue weighted by Gasteiger charge is -2.16. The van der Waals surface area contributed by atoms with Crippen LogP contribution >= 0.6 is 0 Å². The maximum atomic E-state index is 11.1. The molecule has 0 bridgehead atoms. The second-order valence-electron chi connectivity index (χ2n) is 11.4. The van der Waals surface area contributed by atoms with Crippen molar-refractivity contribution < 1.29 is 63.8 Å². The molecule has 318 valence electrons. The third-order valence-corrected chi connectivity index (χ3v) is 6.42. The van der Waals surface area contributed by atoms with Gasteiger partial charge in [0.15, 0.2) is 24.1 Å². The first-order valence-electron chi connectivity index (χ1n) is 19.4. The highest BCUT2D eigenvalue weighted by Gasteiger charge is 2.35. The van der Waals surface area contributed by atoms with Crippen LogP contribution in [0.5, 0.6) is 0 Å². The molecule has 0 spiro atoms. The molecule has 0 unspecified atom stereocenters. The van der Waals surface area contributed by atoms with E-state index in [1.807, 2.05) is 55.4 Å². The monoisotopic (exact) mass is 781 g/mol. The molecule has 0 heterocycles. The number of carbonyl (C=O) groups excluding carboxylic acids is 6. The van der Waals surface area contributed by atoms with Gasteiger partial charge in [-0.15, -0.1) is 0 Å². The second-order valence-corrected chi connectivity index (χ2v) is 11.4. The largest absolute Gasteiger partial charge is 1.00 e. The van der Waals surface area contributed by atoms with E-state index in [2.05, 4.69) is 10.6 Å². The van der Waals surface area contributed by atoms with Crippen molar-refractivity contribution in [1.29, 1.82) is 0 Å². The third kappa shape index (κ3) is 41.4. The molecule has 1 saturated carbocycles. The van der Waals surface area contributed by atoms with Crippen molar-refractivity contribution >= 4 is 41.6 Å². The van der Waals surface area contributed by atoms with Gasteiger partial charge in [0.05, 0.1) is 0 Å². The number of Topliss-reactive ketones (excluding diaryl/α,β-unsaturated/α-hetero) is 2. The van der Waals surface area contributed by atoms with Crippen molar-refractivity contribution in [3.05, 3.63) is 0 Å². The standard InChI is InChI=1S/C11H23NO3.C9H12O4.C7H17NO2.C7H13NO2.C4H8O2/c1-4-7-10(13)12-9-8-11(14-5-2)15-6-3;1-2-3-8(12)13-9-6(10)4-5-7(9)11;1-3-9-7(5-6-8)10-4-2;1-2-4-7(10)8-5-3-6-9;1-2-3-4(5)6/h11H,4-9H2,1-3H3,(H,12,13);9H,2-5H2,1H3;7H,3-6,8H2,1-2H3;6H,2-5H2,1H3,(H,8,10);2-3H2,1H3,(H,5,6)/p+1. The van der Waals surface area contributed by atoms with Crippen LogP contribution in [-0.2, 0) is 57.2 Å². The summed E-state index contributed by atoms with van der Waals surface area (Å²) in [7, 11) is 0. The van der Waals surface area contributed by atoms with Gasteiger partial charge in [-0.25, -0.2) is 0 Å². The molecule has 5 N–H and O–H groups in total. The molecule has 0 aromatic heterocycles. The van der Waals surface area contributed by atoms with Crippen molar-refractivity contribution in [1.82, 2.24) is 10.6 Å². The predicted octanol–water partition coefficient (Wildman–Crippen LogP) is 4.53. The molecule has 1 fully saturated rings. The number of esters is 1. The maximum Gasteiger partial charge on any atom is 1.00 e. The van der Waals surface area contributed by atoms with Gasteiger partial charge < -0.3 is 50.0 Å². The number of ether oxygens (including phenoxy) is 5. The van der Waals surface area contributed by atoms with Crippen LogP contribution in [0.2, 0.25) is 0 Å². The average molecular weight is 781 g/mol. The molecule has 0 aromatic carbocycles. The molecule has 2 amide bonds. The summed E-state index contributed by atoms with van der Waals surface area (Å²) in [6, 6.07) is 0.